The Hall–Kier alpha value is -1.72. The fourth-order valence-electron chi connectivity index (χ4n) is 3.74. The van der Waals surface area contributed by atoms with Gasteiger partial charge in [0, 0.05) is 4.47 Å². The number of fused-ring (bicyclic) bond motifs is 1. The number of hydrogen-bond acceptors (Lipinski definition) is 8. The monoisotopic (exact) mass is 482 g/mol. The van der Waals surface area contributed by atoms with Crippen LogP contribution in [0, 0.1) is 6.92 Å². The van der Waals surface area contributed by atoms with Crippen LogP contribution in [0.2, 0.25) is 0 Å². The number of halogens is 1. The summed E-state index contributed by atoms with van der Waals surface area (Å²) in [6.07, 6.45) is -6.41. The van der Waals surface area contributed by atoms with Gasteiger partial charge in [0.1, 0.15) is 37.6 Å². The van der Waals surface area contributed by atoms with Crippen LogP contribution in [0.4, 0.5) is 0 Å². The van der Waals surface area contributed by atoms with Crippen LogP contribution in [0.3, 0.4) is 0 Å². The molecule has 4 N–H and O–H groups in total. The van der Waals surface area contributed by atoms with Crippen LogP contribution in [-0.4, -0.2) is 58.4 Å². The molecule has 9 heteroatoms. The molecule has 0 unspecified atom stereocenters. The highest BCUT2D eigenvalue weighted by Crippen LogP contribution is 2.37. The molecule has 2 aliphatic heterocycles. The van der Waals surface area contributed by atoms with E-state index in [1.807, 2.05) is 31.2 Å². The van der Waals surface area contributed by atoms with E-state index in [0.717, 1.165) is 26.9 Å². The zero-order valence-electron chi connectivity index (χ0n) is 16.2. The van der Waals surface area contributed by atoms with E-state index in [0.29, 0.717) is 30.9 Å². The highest BCUT2D eigenvalue weighted by atomic mass is 79.9. The third kappa shape index (κ3) is 4.06. The van der Waals surface area contributed by atoms with Crippen molar-refractivity contribution >= 4 is 15.9 Å². The van der Waals surface area contributed by atoms with Crippen molar-refractivity contribution in [2.45, 2.75) is 44.1 Å². The number of hydrogen-bond donors (Lipinski definition) is 4. The van der Waals surface area contributed by atoms with Crippen molar-refractivity contribution in [3.8, 4) is 11.5 Å². The van der Waals surface area contributed by atoms with Gasteiger partial charge in [0.2, 0.25) is 6.29 Å². The van der Waals surface area contributed by atoms with Gasteiger partial charge in [-0.1, -0.05) is 28.1 Å². The summed E-state index contributed by atoms with van der Waals surface area (Å²) in [5.41, 5.74) is 3.56. The number of aliphatic hydroxyl groups excluding tert-OH is 3. The molecule has 0 aliphatic carbocycles. The Balaban J connectivity index is 1.64. The van der Waals surface area contributed by atoms with E-state index in [2.05, 4.69) is 20.8 Å². The molecule has 0 amide bonds. The van der Waals surface area contributed by atoms with Gasteiger partial charge in [-0.05, 0) is 53.8 Å². The molecule has 2 aromatic rings. The van der Waals surface area contributed by atoms with Gasteiger partial charge in [0.15, 0.2) is 11.5 Å². The summed E-state index contributed by atoms with van der Waals surface area (Å²) in [7, 11) is 0. The molecule has 0 aromatic heterocycles. The zero-order chi connectivity index (χ0) is 21.4. The van der Waals surface area contributed by atoms with E-state index in [9.17, 15) is 15.3 Å². The maximum absolute atomic E-state index is 10.4. The lowest BCUT2D eigenvalue weighted by Gasteiger charge is -2.39. The summed E-state index contributed by atoms with van der Waals surface area (Å²) in [4.78, 5) is 4.13. The molecule has 8 nitrogen and oxygen atoms in total. The van der Waals surface area contributed by atoms with E-state index in [1.165, 1.54) is 0 Å². The predicted octanol–water partition coefficient (Wildman–Crippen LogP) is 2.09. The molecule has 5 atom stereocenters. The van der Waals surface area contributed by atoms with Crippen molar-refractivity contribution in [1.82, 2.24) is 0 Å². The minimum atomic E-state index is -1.58. The van der Waals surface area contributed by atoms with Crippen molar-refractivity contribution in [1.29, 1.82) is 0 Å². The third-order valence-corrected chi connectivity index (χ3v) is 6.30. The lowest BCUT2D eigenvalue weighted by Crippen LogP contribution is -2.54. The summed E-state index contributed by atoms with van der Waals surface area (Å²) in [5, 5.41) is 39.4. The molecule has 0 radical (unpaired) electrons. The van der Waals surface area contributed by atoms with Gasteiger partial charge in [0.05, 0.1) is 0 Å². The first-order chi connectivity index (χ1) is 14.4. The smallest absolute Gasteiger partial charge is 0.220 e. The molecule has 2 heterocycles. The van der Waals surface area contributed by atoms with Gasteiger partial charge in [0.25, 0.3) is 0 Å². The van der Waals surface area contributed by atoms with Gasteiger partial charge in [-0.3, -0.25) is 0 Å². The number of ether oxygens (including phenoxy) is 3. The van der Waals surface area contributed by atoms with Crippen molar-refractivity contribution < 1.29 is 39.7 Å². The Morgan fingerprint density at radius 1 is 1.00 bits per heavy atom. The fourth-order valence-corrected chi connectivity index (χ4v) is 4.25. The first kappa shape index (κ1) is 21.5. The Morgan fingerprint density at radius 2 is 1.73 bits per heavy atom. The van der Waals surface area contributed by atoms with Gasteiger partial charge >= 0.3 is 0 Å². The largest absolute Gasteiger partial charge is 0.486 e. The normalized spacial score (nSPS) is 28.4. The molecule has 2 aromatic carbocycles. The molecule has 30 heavy (non-hydrogen) atoms. The average molecular weight is 483 g/mol. The first-order valence-corrected chi connectivity index (χ1v) is 10.4. The molecular weight excluding hydrogens is 460 g/mol. The van der Waals surface area contributed by atoms with E-state index >= 15 is 0 Å². The molecular formula is C21H23BrO8. The van der Waals surface area contributed by atoms with Gasteiger partial charge in [-0.15, -0.1) is 0 Å². The fraction of sp³-hybridized carbons (Fsp3) is 0.429. The van der Waals surface area contributed by atoms with E-state index in [1.54, 1.807) is 6.07 Å². The molecule has 162 valence electrons. The maximum atomic E-state index is 10.4. The van der Waals surface area contributed by atoms with E-state index in [4.69, 9.17) is 19.5 Å². The summed E-state index contributed by atoms with van der Waals surface area (Å²) >= 11 is 3.54. The molecule has 1 fully saturated rings. The molecule has 1 saturated heterocycles. The van der Waals surface area contributed by atoms with Crippen LogP contribution >= 0.6 is 15.9 Å². The van der Waals surface area contributed by atoms with Crippen molar-refractivity contribution in [3.63, 3.8) is 0 Å². The first-order valence-electron chi connectivity index (χ1n) is 9.56. The van der Waals surface area contributed by atoms with Crippen LogP contribution in [0.15, 0.2) is 34.8 Å². The van der Waals surface area contributed by atoms with E-state index in [-0.39, 0.29) is 0 Å². The van der Waals surface area contributed by atoms with Crippen LogP contribution < -0.4 is 9.47 Å². The second kappa shape index (κ2) is 8.80. The van der Waals surface area contributed by atoms with Crippen LogP contribution in [0.25, 0.3) is 0 Å². The molecule has 0 spiro atoms. The highest BCUT2D eigenvalue weighted by molar-refractivity contribution is 9.10. The zero-order valence-corrected chi connectivity index (χ0v) is 17.8. The highest BCUT2D eigenvalue weighted by Gasteiger charge is 2.45. The second-order valence-electron chi connectivity index (χ2n) is 7.44. The number of benzene rings is 2. The standard InChI is InChI=1S/C21H23BrO8/c1-10-12(6-11-2-3-15-16(7-11)28-5-4-27-15)8-13(9-14(10)22)20-18(24)17(23)19(25)21(29-20)30-26/h2-3,7-9,17-21,23-26H,4-6H2,1H3/t17-,18-,19+,20+,21-/m1/s1. The predicted molar refractivity (Wildman–Crippen MR) is 108 cm³/mol. The Kier molecular flexibility index (Phi) is 6.31. The minimum absolute atomic E-state index is 0.510. The van der Waals surface area contributed by atoms with Crippen molar-refractivity contribution in [3.05, 3.63) is 57.1 Å². The van der Waals surface area contributed by atoms with Crippen LogP contribution in [0.1, 0.15) is 28.4 Å². The summed E-state index contributed by atoms with van der Waals surface area (Å²) in [6, 6.07) is 9.43. The van der Waals surface area contributed by atoms with Crippen LogP contribution in [0.5, 0.6) is 11.5 Å². The number of rotatable bonds is 4. The quantitative estimate of drug-likeness (QED) is 0.386. The SMILES string of the molecule is Cc1c(Br)cc([C@@H]2O[C@H](OO)[C@@H](O)[C@H](O)[C@H]2O)cc1Cc1ccc2c(c1)OCCO2. The second-order valence-corrected chi connectivity index (χ2v) is 8.30. The van der Waals surface area contributed by atoms with Gasteiger partial charge < -0.3 is 29.5 Å². The topological polar surface area (TPSA) is 118 Å². The minimum Gasteiger partial charge on any atom is -0.486 e. The summed E-state index contributed by atoms with van der Waals surface area (Å²) in [5.74, 6) is 1.43. The lowest BCUT2D eigenvalue weighted by atomic mass is 9.90. The lowest BCUT2D eigenvalue weighted by molar-refractivity contribution is -0.405. The van der Waals surface area contributed by atoms with Crippen molar-refractivity contribution in [2.75, 3.05) is 13.2 Å². The number of aliphatic hydroxyl groups is 3. The van der Waals surface area contributed by atoms with E-state index < -0.39 is 30.7 Å². The third-order valence-electron chi connectivity index (χ3n) is 5.48. The Labute approximate surface area is 181 Å². The maximum Gasteiger partial charge on any atom is 0.220 e. The average Bonchev–Trinajstić information content (AvgIpc) is 2.75. The molecule has 0 saturated carbocycles. The molecule has 2 aliphatic rings. The summed E-state index contributed by atoms with van der Waals surface area (Å²) < 4.78 is 17.5. The van der Waals surface area contributed by atoms with Crippen molar-refractivity contribution in [2.24, 2.45) is 0 Å². The van der Waals surface area contributed by atoms with Gasteiger partial charge in [-0.2, -0.15) is 0 Å². The van der Waals surface area contributed by atoms with Gasteiger partial charge in [-0.25, -0.2) is 10.1 Å². The van der Waals surface area contributed by atoms with Crippen LogP contribution in [-0.2, 0) is 16.0 Å². The Morgan fingerprint density at radius 3 is 2.47 bits per heavy atom. The summed E-state index contributed by atoms with van der Waals surface area (Å²) in [6.45, 7) is 3.01. The Bertz CT molecular complexity index is 918. The molecule has 4 rings (SSSR count). The molecule has 0 bridgehead atoms.